The van der Waals surface area contributed by atoms with Gasteiger partial charge >= 0.3 is 0 Å². The van der Waals surface area contributed by atoms with Gasteiger partial charge in [-0.15, -0.1) is 0 Å². The lowest BCUT2D eigenvalue weighted by Gasteiger charge is -2.28. The maximum absolute atomic E-state index is 13.1. The topological polar surface area (TPSA) is 107 Å². The number of carbonyl (C=O) groups is 1. The molecule has 1 aliphatic rings. The highest BCUT2D eigenvalue weighted by molar-refractivity contribution is 7.11. The van der Waals surface area contributed by atoms with Gasteiger partial charge < -0.3 is 24.8 Å². The van der Waals surface area contributed by atoms with Crippen molar-refractivity contribution in [1.29, 1.82) is 0 Å². The smallest absolute Gasteiger partial charge is 0.279 e. The Bertz CT molecular complexity index is 1330. The van der Waals surface area contributed by atoms with E-state index in [4.69, 9.17) is 25.8 Å². The fourth-order valence-electron chi connectivity index (χ4n) is 4.03. The lowest BCUT2D eigenvalue weighted by Crippen LogP contribution is -2.32. The zero-order valence-electron chi connectivity index (χ0n) is 22.7. The fourth-order valence-corrected chi connectivity index (χ4v) is 4.92. The highest BCUT2D eigenvalue weighted by Gasteiger charge is 2.31. The fraction of sp³-hybridized carbons (Fsp3) is 0.444. The van der Waals surface area contributed by atoms with E-state index < -0.39 is 5.91 Å². The number of hydrogen-bond acceptors (Lipinski definition) is 9. The Morgan fingerprint density at radius 3 is 2.42 bits per heavy atom. The van der Waals surface area contributed by atoms with Gasteiger partial charge in [0.05, 0.1) is 19.2 Å². The molecule has 9 nitrogen and oxygen atoms in total. The third-order valence-electron chi connectivity index (χ3n) is 6.64. The zero-order chi connectivity index (χ0) is 27.8. The molecule has 38 heavy (non-hydrogen) atoms. The third-order valence-corrected chi connectivity index (χ3v) is 7.65. The number of amides is 1. The molecule has 1 aromatic carbocycles. The Kier molecular flexibility index (Phi) is 7.76. The van der Waals surface area contributed by atoms with Crippen LogP contribution in [-0.4, -0.2) is 41.1 Å². The quantitative estimate of drug-likeness (QED) is 0.321. The zero-order valence-corrected chi connectivity index (χ0v) is 24.3. The number of nitrogens with one attached hydrogen (secondary N) is 2. The van der Waals surface area contributed by atoms with Gasteiger partial charge in [0.2, 0.25) is 17.7 Å². The molecular weight excluding hydrogens is 526 g/mol. The Balaban J connectivity index is 1.53. The number of carbonyl (C=O) groups excluding carboxylic acids is 1. The summed E-state index contributed by atoms with van der Waals surface area (Å²) in [5, 5.41) is 8.31. The van der Waals surface area contributed by atoms with E-state index in [1.54, 1.807) is 5.38 Å². The lowest BCUT2D eigenvalue weighted by molar-refractivity contribution is 0.102. The average molecular weight is 559 g/mol. The van der Waals surface area contributed by atoms with Crippen molar-refractivity contribution < 1.29 is 19.0 Å². The van der Waals surface area contributed by atoms with Crippen molar-refractivity contribution >= 4 is 40.5 Å². The minimum absolute atomic E-state index is 0.0541. The normalized spacial score (nSPS) is 15.0. The molecule has 2 heterocycles. The number of fused-ring (bicyclic) bond motifs is 1. The lowest BCUT2D eigenvalue weighted by atomic mass is 9.86. The van der Waals surface area contributed by atoms with Gasteiger partial charge in [0.25, 0.3) is 11.1 Å². The van der Waals surface area contributed by atoms with Crippen LogP contribution in [0.15, 0.2) is 17.5 Å². The second-order valence-corrected chi connectivity index (χ2v) is 12.1. The van der Waals surface area contributed by atoms with Gasteiger partial charge in [0.15, 0.2) is 5.69 Å². The number of halogens is 1. The van der Waals surface area contributed by atoms with Crippen molar-refractivity contribution in [2.75, 3.05) is 24.9 Å². The van der Waals surface area contributed by atoms with Crippen molar-refractivity contribution in [1.82, 2.24) is 15.0 Å². The number of nitrogens with zero attached hydrogens (tertiary/aromatic N) is 3. The van der Waals surface area contributed by atoms with Crippen LogP contribution in [0.4, 0.5) is 11.6 Å². The summed E-state index contributed by atoms with van der Waals surface area (Å²) in [6.45, 7) is 14.7. The molecule has 3 aromatic rings. The molecule has 0 bridgehead atoms. The largest absolute Gasteiger partial charge is 0.479 e. The summed E-state index contributed by atoms with van der Waals surface area (Å²) in [7, 11) is 2.89. The van der Waals surface area contributed by atoms with Crippen molar-refractivity contribution in [2.45, 2.75) is 58.9 Å². The maximum atomic E-state index is 13.1. The van der Waals surface area contributed by atoms with E-state index in [1.165, 1.54) is 36.7 Å². The first-order chi connectivity index (χ1) is 17.8. The first-order valence-electron chi connectivity index (χ1n) is 12.2. The number of ether oxygens (including phenoxy) is 3. The number of hydrogen-bond donors (Lipinski definition) is 2. The second-order valence-electron chi connectivity index (χ2n) is 10.9. The highest BCUT2D eigenvalue weighted by Crippen LogP contribution is 2.44. The van der Waals surface area contributed by atoms with Crippen molar-refractivity contribution in [3.63, 3.8) is 0 Å². The molecule has 0 aliphatic heterocycles. The minimum atomic E-state index is -0.497. The molecule has 2 aromatic heterocycles. The SMILES string of the molecule is [CH2]C(Nc1nc(OC)c(NC(=O)c2csc(Oc3cc4c(cc3Cl)CCC4(C)C)n2)c(OC)n1)C(C)(C)C. The van der Waals surface area contributed by atoms with Gasteiger partial charge in [-0.25, -0.2) is 0 Å². The summed E-state index contributed by atoms with van der Waals surface area (Å²) in [4.78, 5) is 26.2. The summed E-state index contributed by atoms with van der Waals surface area (Å²) in [5.41, 5.74) is 2.71. The summed E-state index contributed by atoms with van der Waals surface area (Å²) in [6, 6.07) is 3.75. The van der Waals surface area contributed by atoms with Crippen LogP contribution in [0, 0.1) is 12.3 Å². The van der Waals surface area contributed by atoms with Crippen LogP contribution in [-0.2, 0) is 11.8 Å². The summed E-state index contributed by atoms with van der Waals surface area (Å²) >= 11 is 7.68. The molecule has 1 unspecified atom stereocenters. The van der Waals surface area contributed by atoms with Crippen molar-refractivity contribution in [3.8, 4) is 22.7 Å². The molecule has 0 fully saturated rings. The van der Waals surface area contributed by atoms with E-state index in [-0.39, 0.29) is 46.0 Å². The molecular formula is C27H33ClN5O4S. The minimum Gasteiger partial charge on any atom is -0.479 e. The first-order valence-corrected chi connectivity index (χ1v) is 13.5. The van der Waals surface area contributed by atoms with Crippen molar-refractivity contribution in [3.05, 3.63) is 46.3 Å². The number of aromatic nitrogens is 3. The third kappa shape index (κ3) is 5.81. The molecule has 1 atom stereocenters. The predicted octanol–water partition coefficient (Wildman–Crippen LogP) is 6.53. The van der Waals surface area contributed by atoms with Crippen LogP contribution in [0.5, 0.6) is 22.7 Å². The molecule has 1 aliphatic carbocycles. The molecule has 4 rings (SSSR count). The molecule has 0 spiro atoms. The molecule has 1 radical (unpaired) electrons. The van der Waals surface area contributed by atoms with E-state index in [0.29, 0.717) is 16.0 Å². The standard InChI is InChI=1S/C27H33ClN5O4S/c1-14(26(2,3)4)29-24-32-22(35-7)20(23(33-24)36-8)31-21(34)18-13-38-25(30-18)37-19-12-16-15(11-17(19)28)9-10-27(16,5)6/h11-14H,1,9-10H2,2-8H3,(H,31,34)(H,29,32,33). The number of benzene rings is 1. The van der Waals surface area contributed by atoms with Crippen LogP contribution in [0.3, 0.4) is 0 Å². The molecule has 2 N–H and O–H groups in total. The summed E-state index contributed by atoms with van der Waals surface area (Å²) in [6.07, 6.45) is 2.05. The molecule has 0 saturated carbocycles. The van der Waals surface area contributed by atoms with Gasteiger partial charge in [-0.3, -0.25) is 4.79 Å². The number of thiazole rings is 1. The van der Waals surface area contributed by atoms with Crippen LogP contribution in [0.1, 0.15) is 62.7 Å². The van der Waals surface area contributed by atoms with Crippen molar-refractivity contribution in [2.24, 2.45) is 5.41 Å². The Labute approximate surface area is 232 Å². The van der Waals surface area contributed by atoms with Crippen LogP contribution >= 0.6 is 22.9 Å². The number of rotatable bonds is 8. The van der Waals surface area contributed by atoms with Crippen LogP contribution in [0.2, 0.25) is 5.02 Å². The van der Waals surface area contributed by atoms with Gasteiger partial charge in [-0.1, -0.05) is 57.6 Å². The number of aryl methyl sites for hydroxylation is 1. The number of methoxy groups -OCH3 is 2. The Morgan fingerprint density at radius 1 is 1.16 bits per heavy atom. The van der Waals surface area contributed by atoms with Gasteiger partial charge in [-0.05, 0) is 53.9 Å². The van der Waals surface area contributed by atoms with E-state index in [9.17, 15) is 4.79 Å². The Hall–Kier alpha value is -3.11. The van der Waals surface area contributed by atoms with Gasteiger partial charge in [0, 0.05) is 11.4 Å². The molecule has 11 heteroatoms. The Morgan fingerprint density at radius 2 is 1.82 bits per heavy atom. The van der Waals surface area contributed by atoms with E-state index in [2.05, 4.69) is 46.4 Å². The predicted molar refractivity (Wildman–Crippen MR) is 150 cm³/mol. The highest BCUT2D eigenvalue weighted by atomic mass is 35.5. The molecule has 0 saturated heterocycles. The van der Waals surface area contributed by atoms with Gasteiger partial charge in [-0.2, -0.15) is 15.0 Å². The van der Waals surface area contributed by atoms with E-state index in [1.807, 2.05) is 32.9 Å². The maximum Gasteiger partial charge on any atom is 0.279 e. The van der Waals surface area contributed by atoms with Crippen LogP contribution in [0.25, 0.3) is 0 Å². The van der Waals surface area contributed by atoms with E-state index >= 15 is 0 Å². The molecule has 1 amide bonds. The summed E-state index contributed by atoms with van der Waals surface area (Å²) < 4.78 is 16.8. The second kappa shape index (κ2) is 10.6. The van der Waals surface area contributed by atoms with Gasteiger partial charge in [0.1, 0.15) is 11.4 Å². The molecule has 203 valence electrons. The number of anilines is 2. The average Bonchev–Trinajstić information content (AvgIpc) is 3.43. The van der Waals surface area contributed by atoms with Crippen LogP contribution < -0.4 is 24.8 Å². The first kappa shape index (κ1) is 27.9. The monoisotopic (exact) mass is 558 g/mol. The van der Waals surface area contributed by atoms with E-state index in [0.717, 1.165) is 12.8 Å². The summed E-state index contributed by atoms with van der Waals surface area (Å²) in [5.74, 6) is 0.551.